The standard InChI is InChI=1S/C21H21N3S/c22-16-17-9-10-21(20-8-2-1-7-19(17)20)24-13-4-3-12-23(24)14-11-18-6-5-15-25-18/h1-2,5-10,15H,3-4,11-14H2. The van der Waals surface area contributed by atoms with Crippen molar-refractivity contribution < 1.29 is 0 Å². The van der Waals surface area contributed by atoms with Crippen LogP contribution in [0, 0.1) is 11.3 Å². The lowest BCUT2D eigenvalue weighted by atomic mass is 10.0. The van der Waals surface area contributed by atoms with Crippen molar-refractivity contribution in [3.05, 3.63) is 64.4 Å². The number of benzene rings is 2. The van der Waals surface area contributed by atoms with Crippen LogP contribution in [-0.4, -0.2) is 24.6 Å². The van der Waals surface area contributed by atoms with Crippen molar-refractivity contribution >= 4 is 27.8 Å². The Balaban J connectivity index is 1.66. The van der Waals surface area contributed by atoms with E-state index in [4.69, 9.17) is 0 Å². The van der Waals surface area contributed by atoms with Gasteiger partial charge in [0.15, 0.2) is 0 Å². The quantitative estimate of drug-likeness (QED) is 0.677. The first-order chi connectivity index (χ1) is 12.4. The van der Waals surface area contributed by atoms with Crippen molar-refractivity contribution in [3.63, 3.8) is 0 Å². The fraction of sp³-hybridized carbons (Fsp3) is 0.286. The molecule has 0 unspecified atom stereocenters. The van der Waals surface area contributed by atoms with Crippen molar-refractivity contribution in [2.24, 2.45) is 0 Å². The molecule has 1 saturated heterocycles. The van der Waals surface area contributed by atoms with Crippen molar-refractivity contribution in [2.75, 3.05) is 24.6 Å². The molecule has 1 aliphatic heterocycles. The highest BCUT2D eigenvalue weighted by molar-refractivity contribution is 7.09. The zero-order valence-electron chi connectivity index (χ0n) is 14.2. The highest BCUT2D eigenvalue weighted by Gasteiger charge is 2.22. The monoisotopic (exact) mass is 347 g/mol. The van der Waals surface area contributed by atoms with Crippen molar-refractivity contribution in [3.8, 4) is 6.07 Å². The highest BCUT2D eigenvalue weighted by atomic mass is 32.1. The zero-order chi connectivity index (χ0) is 17.1. The van der Waals surface area contributed by atoms with E-state index in [0.717, 1.165) is 37.0 Å². The van der Waals surface area contributed by atoms with Gasteiger partial charge in [-0.2, -0.15) is 5.26 Å². The van der Waals surface area contributed by atoms with Crippen molar-refractivity contribution in [1.82, 2.24) is 5.01 Å². The highest BCUT2D eigenvalue weighted by Crippen LogP contribution is 2.32. The molecule has 25 heavy (non-hydrogen) atoms. The average Bonchev–Trinajstić information content (AvgIpc) is 3.19. The molecule has 2 heterocycles. The number of anilines is 1. The number of hydrazine groups is 1. The van der Waals surface area contributed by atoms with Gasteiger partial charge >= 0.3 is 0 Å². The second kappa shape index (κ2) is 7.26. The summed E-state index contributed by atoms with van der Waals surface area (Å²) in [6.07, 6.45) is 3.54. The van der Waals surface area contributed by atoms with Crippen LogP contribution in [0.3, 0.4) is 0 Å². The fourth-order valence-electron chi connectivity index (χ4n) is 3.62. The summed E-state index contributed by atoms with van der Waals surface area (Å²) in [6, 6.07) is 19.0. The summed E-state index contributed by atoms with van der Waals surface area (Å²) in [4.78, 5) is 1.44. The molecule has 0 saturated carbocycles. The molecule has 0 spiro atoms. The fourth-order valence-corrected chi connectivity index (χ4v) is 4.32. The average molecular weight is 347 g/mol. The number of rotatable bonds is 4. The first kappa shape index (κ1) is 16.1. The van der Waals surface area contributed by atoms with Gasteiger partial charge in [-0.3, -0.25) is 0 Å². The topological polar surface area (TPSA) is 30.3 Å². The van der Waals surface area contributed by atoms with Crippen LogP contribution in [0.1, 0.15) is 23.3 Å². The largest absolute Gasteiger partial charge is 0.305 e. The van der Waals surface area contributed by atoms with Gasteiger partial charge in [0.2, 0.25) is 0 Å². The second-order valence-corrected chi connectivity index (χ2v) is 7.44. The summed E-state index contributed by atoms with van der Waals surface area (Å²) >= 11 is 1.83. The molecule has 0 atom stereocenters. The van der Waals surface area contributed by atoms with E-state index in [1.54, 1.807) is 0 Å². The Hall–Kier alpha value is -2.35. The predicted octanol–water partition coefficient (Wildman–Crippen LogP) is 4.83. The van der Waals surface area contributed by atoms with Gasteiger partial charge in [-0.05, 0) is 42.8 Å². The molecule has 0 aliphatic carbocycles. The van der Waals surface area contributed by atoms with Crippen molar-refractivity contribution in [1.29, 1.82) is 5.26 Å². The molecule has 2 aromatic carbocycles. The van der Waals surface area contributed by atoms with Gasteiger partial charge in [0, 0.05) is 35.3 Å². The maximum Gasteiger partial charge on any atom is 0.0998 e. The molecule has 0 bridgehead atoms. The minimum Gasteiger partial charge on any atom is -0.305 e. The van der Waals surface area contributed by atoms with Gasteiger partial charge in [-0.15, -0.1) is 11.3 Å². The third-order valence-corrected chi connectivity index (χ3v) is 5.81. The van der Waals surface area contributed by atoms with E-state index in [-0.39, 0.29) is 0 Å². The Kier molecular flexibility index (Phi) is 4.69. The van der Waals surface area contributed by atoms with E-state index in [2.05, 4.69) is 57.9 Å². The number of hydrogen-bond donors (Lipinski definition) is 0. The van der Waals surface area contributed by atoms with Crippen LogP contribution in [0.25, 0.3) is 10.8 Å². The van der Waals surface area contributed by atoms with Crippen LogP contribution in [0.5, 0.6) is 0 Å². The smallest absolute Gasteiger partial charge is 0.0998 e. The van der Waals surface area contributed by atoms with Gasteiger partial charge in [-0.1, -0.05) is 30.3 Å². The maximum absolute atomic E-state index is 9.41. The summed E-state index contributed by atoms with van der Waals surface area (Å²) in [7, 11) is 0. The lowest BCUT2D eigenvalue weighted by Gasteiger charge is -2.41. The number of thiophene rings is 1. The van der Waals surface area contributed by atoms with E-state index in [1.807, 2.05) is 23.5 Å². The van der Waals surface area contributed by atoms with Crippen LogP contribution in [0.4, 0.5) is 5.69 Å². The lowest BCUT2D eigenvalue weighted by Crippen LogP contribution is -2.48. The second-order valence-electron chi connectivity index (χ2n) is 6.40. The zero-order valence-corrected chi connectivity index (χ0v) is 15.0. The third kappa shape index (κ3) is 3.26. The van der Waals surface area contributed by atoms with Crippen LogP contribution >= 0.6 is 11.3 Å². The molecule has 4 rings (SSSR count). The molecular weight excluding hydrogens is 326 g/mol. The molecule has 0 N–H and O–H groups in total. The summed E-state index contributed by atoms with van der Waals surface area (Å²) in [5.41, 5.74) is 1.97. The number of fused-ring (bicyclic) bond motifs is 1. The Labute approximate surface area is 152 Å². The van der Waals surface area contributed by atoms with Gasteiger partial charge in [0.25, 0.3) is 0 Å². The van der Waals surface area contributed by atoms with Gasteiger partial charge in [0.05, 0.1) is 17.3 Å². The van der Waals surface area contributed by atoms with Crippen LogP contribution in [0.15, 0.2) is 53.9 Å². The molecule has 3 nitrogen and oxygen atoms in total. The Morgan fingerprint density at radius 1 is 0.960 bits per heavy atom. The number of hydrogen-bond acceptors (Lipinski definition) is 4. The Bertz CT molecular complexity index is 895. The summed E-state index contributed by atoms with van der Waals surface area (Å²) < 4.78 is 0. The van der Waals surface area contributed by atoms with E-state index >= 15 is 0 Å². The molecule has 3 aromatic rings. The molecular formula is C21H21N3S. The van der Waals surface area contributed by atoms with Gasteiger partial charge in [0.1, 0.15) is 0 Å². The number of nitrogens with zero attached hydrogens (tertiary/aromatic N) is 3. The van der Waals surface area contributed by atoms with Crippen LogP contribution in [0.2, 0.25) is 0 Å². The van der Waals surface area contributed by atoms with Crippen molar-refractivity contribution in [2.45, 2.75) is 19.3 Å². The summed E-state index contributed by atoms with van der Waals surface area (Å²) in [5, 5.41) is 18.7. The summed E-state index contributed by atoms with van der Waals surface area (Å²) in [5.74, 6) is 0. The van der Waals surface area contributed by atoms with E-state index in [9.17, 15) is 5.26 Å². The van der Waals surface area contributed by atoms with E-state index in [0.29, 0.717) is 0 Å². The maximum atomic E-state index is 9.41. The molecule has 0 amide bonds. The molecule has 1 fully saturated rings. The van der Waals surface area contributed by atoms with E-state index in [1.165, 1.54) is 28.8 Å². The predicted molar refractivity (Wildman–Crippen MR) is 105 cm³/mol. The van der Waals surface area contributed by atoms with Gasteiger partial charge in [-0.25, -0.2) is 5.01 Å². The molecule has 0 radical (unpaired) electrons. The molecule has 1 aliphatic rings. The SMILES string of the molecule is N#Cc1ccc(N2CCCCN2CCc2cccs2)c2ccccc12. The van der Waals surface area contributed by atoms with Crippen LogP contribution in [-0.2, 0) is 6.42 Å². The summed E-state index contributed by atoms with van der Waals surface area (Å²) in [6.45, 7) is 3.18. The minimum absolute atomic E-state index is 0.751. The minimum atomic E-state index is 0.751. The van der Waals surface area contributed by atoms with Gasteiger partial charge < -0.3 is 5.01 Å². The lowest BCUT2D eigenvalue weighted by molar-refractivity contribution is 0.216. The molecule has 1 aromatic heterocycles. The molecule has 126 valence electrons. The Morgan fingerprint density at radius 3 is 2.60 bits per heavy atom. The van der Waals surface area contributed by atoms with E-state index < -0.39 is 0 Å². The normalized spacial score (nSPS) is 15.4. The third-order valence-electron chi connectivity index (χ3n) is 4.87. The first-order valence-electron chi connectivity index (χ1n) is 8.83. The van der Waals surface area contributed by atoms with Crippen LogP contribution < -0.4 is 5.01 Å². The molecule has 4 heteroatoms. The number of nitriles is 1. The first-order valence-corrected chi connectivity index (χ1v) is 9.71. The Morgan fingerprint density at radius 2 is 1.80 bits per heavy atom.